The van der Waals surface area contributed by atoms with E-state index < -0.39 is 26.6 Å². The second-order valence-corrected chi connectivity index (χ2v) is 9.37. The van der Waals surface area contributed by atoms with Crippen molar-refractivity contribution < 1.29 is 44.0 Å². The largest absolute Gasteiger partial charge is 0.469 e. The summed E-state index contributed by atoms with van der Waals surface area (Å²) in [5.41, 5.74) is 0. The van der Waals surface area contributed by atoms with Crippen LogP contribution in [0.5, 0.6) is 0 Å². The summed E-state index contributed by atoms with van der Waals surface area (Å²) in [5, 5.41) is 33.5. The molecule has 196 valence electrons. The van der Waals surface area contributed by atoms with Gasteiger partial charge in [0.05, 0.1) is 26.4 Å². The summed E-state index contributed by atoms with van der Waals surface area (Å²) in [6.07, 6.45) is 16.3. The van der Waals surface area contributed by atoms with Gasteiger partial charge < -0.3 is 34.9 Å². The van der Waals surface area contributed by atoms with Crippen molar-refractivity contribution in [2.75, 3.05) is 33.0 Å². The fraction of sp³-hybridized carbons (Fsp3) is 1.00. The maximum atomic E-state index is 10.5. The Morgan fingerprint density at radius 2 is 1.06 bits per heavy atom. The van der Waals surface area contributed by atoms with Gasteiger partial charge in [0.25, 0.3) is 0 Å². The van der Waals surface area contributed by atoms with Crippen molar-refractivity contribution in [3.05, 3.63) is 0 Å². The third-order valence-electron chi connectivity index (χ3n) is 4.81. The van der Waals surface area contributed by atoms with Gasteiger partial charge in [-0.3, -0.25) is 4.52 Å². The molecule has 0 aromatic carbocycles. The van der Waals surface area contributed by atoms with E-state index >= 15 is 0 Å². The van der Waals surface area contributed by atoms with Crippen LogP contribution in [0, 0.1) is 0 Å². The molecule has 6 N–H and O–H groups in total. The Hall–Kier alpha value is -0.0900. The van der Waals surface area contributed by atoms with Gasteiger partial charge in [-0.2, -0.15) is 0 Å². The monoisotopic (exact) mass is 488 g/mol. The van der Waals surface area contributed by atoms with E-state index in [1.54, 1.807) is 0 Å². The van der Waals surface area contributed by atoms with Crippen LogP contribution in [0.25, 0.3) is 0 Å². The lowest BCUT2D eigenvalue weighted by Gasteiger charge is -2.12. The summed E-state index contributed by atoms with van der Waals surface area (Å²) < 4.78 is 20.0. The Labute approximate surface area is 194 Å². The Morgan fingerprint density at radius 3 is 1.41 bits per heavy atom. The Morgan fingerprint density at radius 1 is 0.656 bits per heavy atom. The van der Waals surface area contributed by atoms with E-state index in [0.29, 0.717) is 6.61 Å². The molecule has 0 bridgehead atoms. The normalized spacial score (nSPS) is 12.6. The van der Waals surface area contributed by atoms with Gasteiger partial charge in [0.1, 0.15) is 12.2 Å². The average molecular weight is 489 g/mol. The van der Waals surface area contributed by atoms with Crippen LogP contribution >= 0.6 is 7.82 Å². The van der Waals surface area contributed by atoms with Crippen molar-refractivity contribution in [2.45, 2.75) is 109 Å². The first-order chi connectivity index (χ1) is 15.3. The first-order valence-corrected chi connectivity index (χ1v) is 13.7. The highest BCUT2D eigenvalue weighted by atomic mass is 31.2. The summed E-state index contributed by atoms with van der Waals surface area (Å²) in [6.45, 7) is 1.71. The standard InChI is InChI=1S/C19H41O6P.C3H8O3/c1-2-3-4-5-6-7-8-9-10-11-12-13-14-15-16-24-17-19(20)18-25-26(21,22)23;4-1-3(6)2-5/h19-20H,2-18H2,1H3,(H2,21,22,23);3-6H,1-2H2. The third kappa shape index (κ3) is 32.1. The van der Waals surface area contributed by atoms with Gasteiger partial charge in [0, 0.05) is 6.61 Å². The van der Waals surface area contributed by atoms with Crippen molar-refractivity contribution in [3.63, 3.8) is 0 Å². The minimum Gasteiger partial charge on any atom is -0.394 e. The zero-order valence-electron chi connectivity index (χ0n) is 19.9. The first kappa shape index (κ1) is 34.1. The number of rotatable bonds is 22. The molecule has 0 fully saturated rings. The molecule has 0 spiro atoms. The summed E-state index contributed by atoms with van der Waals surface area (Å²) in [4.78, 5) is 17.0. The van der Waals surface area contributed by atoms with E-state index in [4.69, 9.17) is 29.8 Å². The molecule has 9 nitrogen and oxygen atoms in total. The first-order valence-electron chi connectivity index (χ1n) is 12.1. The lowest BCUT2D eigenvalue weighted by atomic mass is 10.0. The number of hydrogen-bond donors (Lipinski definition) is 6. The maximum absolute atomic E-state index is 10.5. The van der Waals surface area contributed by atoms with Gasteiger partial charge in [-0.05, 0) is 6.42 Å². The minimum absolute atomic E-state index is 0.0401. The van der Waals surface area contributed by atoms with Gasteiger partial charge in [0.2, 0.25) is 0 Å². The SMILES string of the molecule is CCCCCCCCCCCCCCCCOCC(O)COP(=O)(O)O.OCC(O)CO. The number of aliphatic hydroxyl groups excluding tert-OH is 4. The summed E-state index contributed by atoms with van der Waals surface area (Å²) >= 11 is 0. The highest BCUT2D eigenvalue weighted by molar-refractivity contribution is 7.46. The van der Waals surface area contributed by atoms with Crippen LogP contribution in [0.4, 0.5) is 0 Å². The van der Waals surface area contributed by atoms with Gasteiger partial charge >= 0.3 is 7.82 Å². The van der Waals surface area contributed by atoms with Crippen LogP contribution < -0.4 is 0 Å². The molecule has 0 amide bonds. The molecule has 1 atom stereocenters. The van der Waals surface area contributed by atoms with E-state index in [2.05, 4.69) is 11.4 Å². The van der Waals surface area contributed by atoms with Crippen molar-refractivity contribution in [1.82, 2.24) is 0 Å². The Bertz CT molecular complexity index is 403. The highest BCUT2D eigenvalue weighted by Gasteiger charge is 2.16. The number of unbranched alkanes of at least 4 members (excludes halogenated alkanes) is 13. The molecule has 0 saturated carbocycles. The summed E-state index contributed by atoms with van der Waals surface area (Å²) in [6, 6.07) is 0. The number of aliphatic hydroxyl groups is 4. The third-order valence-corrected chi connectivity index (χ3v) is 5.29. The molecule has 0 aliphatic rings. The van der Waals surface area contributed by atoms with Crippen LogP contribution in [0.2, 0.25) is 0 Å². The van der Waals surface area contributed by atoms with Crippen molar-refractivity contribution in [2.24, 2.45) is 0 Å². The van der Waals surface area contributed by atoms with Crippen LogP contribution in [0.1, 0.15) is 96.8 Å². The quantitative estimate of drug-likeness (QED) is 0.0994. The van der Waals surface area contributed by atoms with E-state index in [1.165, 1.54) is 77.0 Å². The van der Waals surface area contributed by atoms with Gasteiger partial charge in [-0.1, -0.05) is 90.4 Å². The molecule has 0 rings (SSSR count). The summed E-state index contributed by atoms with van der Waals surface area (Å²) in [7, 11) is -4.51. The molecule has 1 unspecified atom stereocenters. The molecule has 0 heterocycles. The molecule has 0 aromatic heterocycles. The molecule has 0 aliphatic carbocycles. The second kappa shape index (κ2) is 25.5. The molecule has 32 heavy (non-hydrogen) atoms. The van der Waals surface area contributed by atoms with Gasteiger partial charge in [0.15, 0.2) is 0 Å². The number of phosphoric ester groups is 1. The van der Waals surface area contributed by atoms with Crippen LogP contribution in [0.15, 0.2) is 0 Å². The molecular formula is C22H49O9P. The van der Waals surface area contributed by atoms with Crippen LogP contribution in [0.3, 0.4) is 0 Å². The van der Waals surface area contributed by atoms with Crippen molar-refractivity contribution in [1.29, 1.82) is 0 Å². The van der Waals surface area contributed by atoms with E-state index in [-0.39, 0.29) is 19.8 Å². The van der Waals surface area contributed by atoms with E-state index in [0.717, 1.165) is 12.8 Å². The fourth-order valence-electron chi connectivity index (χ4n) is 2.91. The average Bonchev–Trinajstić information content (AvgIpc) is 2.76. The molecule has 10 heteroatoms. The number of phosphoric acid groups is 1. The van der Waals surface area contributed by atoms with E-state index in [1.807, 2.05) is 0 Å². The minimum atomic E-state index is -4.51. The van der Waals surface area contributed by atoms with Crippen molar-refractivity contribution >= 4 is 7.82 Å². The lowest BCUT2D eigenvalue weighted by Crippen LogP contribution is -2.21. The smallest absolute Gasteiger partial charge is 0.394 e. The fourth-order valence-corrected chi connectivity index (χ4v) is 3.27. The predicted octanol–water partition coefficient (Wildman–Crippen LogP) is 3.29. The van der Waals surface area contributed by atoms with Crippen molar-refractivity contribution in [3.8, 4) is 0 Å². The second-order valence-electron chi connectivity index (χ2n) is 8.13. The van der Waals surface area contributed by atoms with Crippen LogP contribution in [-0.4, -0.2) is 75.5 Å². The molecule has 0 radical (unpaired) electrons. The topological polar surface area (TPSA) is 157 Å². The van der Waals surface area contributed by atoms with Crippen LogP contribution in [-0.2, 0) is 13.8 Å². The number of hydrogen-bond acceptors (Lipinski definition) is 7. The zero-order chi connectivity index (χ0) is 24.5. The van der Waals surface area contributed by atoms with E-state index in [9.17, 15) is 9.67 Å². The van der Waals surface area contributed by atoms with Gasteiger partial charge in [-0.25, -0.2) is 4.57 Å². The Balaban J connectivity index is 0. The van der Waals surface area contributed by atoms with Gasteiger partial charge in [-0.15, -0.1) is 0 Å². The molecule has 0 saturated heterocycles. The zero-order valence-corrected chi connectivity index (χ0v) is 20.8. The Kier molecular flexibility index (Phi) is 27.2. The maximum Gasteiger partial charge on any atom is 0.469 e. The molecule has 0 aromatic rings. The number of ether oxygens (including phenoxy) is 1. The molecular weight excluding hydrogens is 439 g/mol. The predicted molar refractivity (Wildman–Crippen MR) is 125 cm³/mol. The highest BCUT2D eigenvalue weighted by Crippen LogP contribution is 2.35. The lowest BCUT2D eigenvalue weighted by molar-refractivity contribution is 0.00476. The molecule has 0 aliphatic heterocycles. The summed E-state index contributed by atoms with van der Waals surface area (Å²) in [5.74, 6) is 0.